The number of nitrogens with one attached hydrogen (secondary N) is 1. The summed E-state index contributed by atoms with van der Waals surface area (Å²) in [5.41, 5.74) is 6.18. The van der Waals surface area contributed by atoms with Crippen LogP contribution in [-0.2, 0) is 16.6 Å². The fourth-order valence-electron chi connectivity index (χ4n) is 6.46. The highest BCUT2D eigenvalue weighted by Gasteiger charge is 2.29. The number of hydrogen-bond donors (Lipinski definition) is 1. The Morgan fingerprint density at radius 3 is 2.31 bits per heavy atom. The maximum atomic E-state index is 14.4. The minimum atomic E-state index is -4.17. The van der Waals surface area contributed by atoms with E-state index in [1.807, 2.05) is 42.5 Å². The predicted molar refractivity (Wildman–Crippen MR) is 193 cm³/mol. The molecule has 10 heteroatoms. The highest BCUT2D eigenvalue weighted by atomic mass is 35.5. The molecule has 1 saturated heterocycles. The molecule has 4 aromatic carbocycles. The largest absolute Gasteiger partial charge is 0.486 e. The van der Waals surface area contributed by atoms with Crippen LogP contribution in [0.2, 0.25) is 5.02 Å². The first-order valence-electron chi connectivity index (χ1n) is 16.5. The van der Waals surface area contributed by atoms with Gasteiger partial charge in [0.2, 0.25) is 0 Å². The van der Waals surface area contributed by atoms with Crippen molar-refractivity contribution in [2.75, 3.05) is 37.6 Å². The number of amides is 1. The minimum Gasteiger partial charge on any atom is -0.486 e. The lowest BCUT2D eigenvalue weighted by Gasteiger charge is -2.39. The zero-order chi connectivity index (χ0) is 34.6. The summed E-state index contributed by atoms with van der Waals surface area (Å²) in [4.78, 5) is 17.6. The lowest BCUT2D eigenvalue weighted by Crippen LogP contribution is -2.47. The van der Waals surface area contributed by atoms with Gasteiger partial charge in [-0.3, -0.25) is 9.69 Å². The second-order valence-electron chi connectivity index (χ2n) is 13.5. The number of hydrogen-bond acceptors (Lipinski definition) is 6. The molecule has 1 aliphatic heterocycles. The third-order valence-corrected chi connectivity index (χ3v) is 10.9. The van der Waals surface area contributed by atoms with Gasteiger partial charge in [0.1, 0.15) is 6.61 Å². The van der Waals surface area contributed by atoms with Crippen molar-refractivity contribution in [2.45, 2.75) is 44.6 Å². The average molecular weight is 702 g/mol. The van der Waals surface area contributed by atoms with E-state index >= 15 is 0 Å². The number of carbonyl (C=O) groups excluding carboxylic acids is 1. The van der Waals surface area contributed by atoms with E-state index in [0.29, 0.717) is 0 Å². The van der Waals surface area contributed by atoms with Gasteiger partial charge in [-0.2, -0.15) is 0 Å². The number of ether oxygens (including phenoxy) is 1. The van der Waals surface area contributed by atoms with E-state index in [1.54, 1.807) is 12.1 Å². The van der Waals surface area contributed by atoms with Crippen molar-refractivity contribution in [3.63, 3.8) is 0 Å². The smallest absolute Gasteiger partial charge is 0.265 e. The second kappa shape index (κ2) is 14.7. The SMILES string of the molecule is CC1(C)CCC(CN2CCN(c3ccc(S(=O)(=O)NC(=O)c4ccc(F)c(OCc5ccccc5)c4)cc3)CC2)=C(c2ccc(Cl)cc2)C1. The number of benzene rings is 4. The molecular formula is C39H41ClFN3O4S. The molecular weight excluding hydrogens is 661 g/mol. The summed E-state index contributed by atoms with van der Waals surface area (Å²) < 4.78 is 48.3. The highest BCUT2D eigenvalue weighted by molar-refractivity contribution is 7.90. The summed E-state index contributed by atoms with van der Waals surface area (Å²) in [5.74, 6) is -1.66. The zero-order valence-electron chi connectivity index (χ0n) is 27.8. The molecule has 4 aromatic rings. The van der Waals surface area contributed by atoms with Gasteiger partial charge in [0.05, 0.1) is 4.90 Å². The van der Waals surface area contributed by atoms with Crippen LogP contribution in [-0.4, -0.2) is 51.9 Å². The van der Waals surface area contributed by atoms with Gasteiger partial charge in [0, 0.05) is 49.0 Å². The van der Waals surface area contributed by atoms with E-state index in [4.69, 9.17) is 16.3 Å². The second-order valence-corrected chi connectivity index (χ2v) is 15.7. The lowest BCUT2D eigenvalue weighted by molar-refractivity contribution is 0.0980. The number of allylic oxidation sites excluding steroid dienone is 1. The summed E-state index contributed by atoms with van der Waals surface area (Å²) in [6.07, 6.45) is 3.30. The third kappa shape index (κ3) is 8.71. The first-order chi connectivity index (χ1) is 23.5. The van der Waals surface area contributed by atoms with Crippen LogP contribution in [0.1, 0.15) is 54.6 Å². The average Bonchev–Trinajstić information content (AvgIpc) is 3.09. The predicted octanol–water partition coefficient (Wildman–Crippen LogP) is 7.96. The molecule has 0 spiro atoms. The first-order valence-corrected chi connectivity index (χ1v) is 18.4. The van der Waals surface area contributed by atoms with Gasteiger partial charge in [-0.25, -0.2) is 17.5 Å². The van der Waals surface area contributed by atoms with Gasteiger partial charge in [-0.05, 0) is 96.0 Å². The van der Waals surface area contributed by atoms with Crippen molar-refractivity contribution in [2.24, 2.45) is 5.41 Å². The minimum absolute atomic E-state index is 0.0319. The molecule has 1 N–H and O–H groups in total. The van der Waals surface area contributed by atoms with Gasteiger partial charge < -0.3 is 9.64 Å². The zero-order valence-corrected chi connectivity index (χ0v) is 29.4. The van der Waals surface area contributed by atoms with Crippen molar-refractivity contribution in [1.82, 2.24) is 9.62 Å². The maximum absolute atomic E-state index is 14.4. The summed E-state index contributed by atoms with van der Waals surface area (Å²) >= 11 is 6.18. The third-order valence-electron chi connectivity index (χ3n) is 9.33. The van der Waals surface area contributed by atoms with Crippen LogP contribution >= 0.6 is 11.6 Å². The number of rotatable bonds is 10. The van der Waals surface area contributed by atoms with Crippen LogP contribution in [0.4, 0.5) is 10.1 Å². The Morgan fingerprint density at radius 2 is 1.61 bits per heavy atom. The van der Waals surface area contributed by atoms with Gasteiger partial charge in [-0.15, -0.1) is 0 Å². The molecule has 2 aliphatic rings. The topological polar surface area (TPSA) is 79.0 Å². The molecule has 1 heterocycles. The van der Waals surface area contributed by atoms with Crippen LogP contribution in [0.3, 0.4) is 0 Å². The molecule has 1 fully saturated rings. The van der Waals surface area contributed by atoms with Crippen LogP contribution in [0.15, 0.2) is 108 Å². The molecule has 0 aromatic heterocycles. The lowest BCUT2D eigenvalue weighted by atomic mass is 9.72. The first kappa shape index (κ1) is 34.7. The van der Waals surface area contributed by atoms with Gasteiger partial charge in [-0.1, -0.05) is 73.5 Å². The van der Waals surface area contributed by atoms with Crippen molar-refractivity contribution < 1.29 is 22.3 Å². The van der Waals surface area contributed by atoms with E-state index in [0.717, 1.165) is 67.9 Å². The van der Waals surface area contributed by atoms with Gasteiger partial charge in [0.15, 0.2) is 11.6 Å². The van der Waals surface area contributed by atoms with E-state index in [9.17, 15) is 17.6 Å². The molecule has 0 saturated carbocycles. The fourth-order valence-corrected chi connectivity index (χ4v) is 7.56. The molecule has 256 valence electrons. The Labute approximate surface area is 293 Å². The maximum Gasteiger partial charge on any atom is 0.265 e. The molecule has 0 radical (unpaired) electrons. The van der Waals surface area contributed by atoms with Crippen molar-refractivity contribution in [1.29, 1.82) is 0 Å². The number of sulfonamides is 1. The molecule has 1 amide bonds. The Morgan fingerprint density at radius 1 is 0.918 bits per heavy atom. The van der Waals surface area contributed by atoms with Crippen molar-refractivity contribution >= 4 is 38.8 Å². The summed E-state index contributed by atoms with van der Waals surface area (Å²) in [5, 5.41) is 0.747. The summed E-state index contributed by atoms with van der Waals surface area (Å²) in [6.45, 7) is 9.14. The Hall–Kier alpha value is -4.18. The molecule has 0 unspecified atom stereocenters. The summed E-state index contributed by atoms with van der Waals surface area (Å²) in [7, 11) is -4.17. The molecule has 6 rings (SSSR count). The monoisotopic (exact) mass is 701 g/mol. The number of anilines is 1. The van der Waals surface area contributed by atoms with Crippen LogP contribution in [0.25, 0.3) is 5.57 Å². The normalized spacial score (nSPS) is 16.8. The van der Waals surface area contributed by atoms with Crippen molar-refractivity contribution in [3.05, 3.63) is 130 Å². The van der Waals surface area contributed by atoms with E-state index in [1.165, 1.54) is 47.4 Å². The number of piperazine rings is 1. The number of nitrogens with zero attached hydrogens (tertiary/aromatic N) is 2. The number of carbonyl (C=O) groups is 1. The van der Waals surface area contributed by atoms with Crippen LogP contribution in [0.5, 0.6) is 5.75 Å². The highest BCUT2D eigenvalue weighted by Crippen LogP contribution is 2.43. The van der Waals surface area contributed by atoms with Crippen molar-refractivity contribution in [3.8, 4) is 5.75 Å². The number of halogens is 2. The Kier molecular flexibility index (Phi) is 10.4. The standard InChI is InChI=1S/C39H41ClFN3O4S/c1-39(2)19-18-31(35(25-39)29-8-11-32(40)12-9-29)26-43-20-22-44(23-21-43)33-13-15-34(16-14-33)49(46,47)42-38(45)30-10-17-36(41)37(24-30)48-27-28-6-4-3-5-7-28/h3-17,24H,18-23,25-27H2,1-2H3,(H,42,45). The van der Waals surface area contributed by atoms with E-state index in [-0.39, 0.29) is 28.2 Å². The van der Waals surface area contributed by atoms with Gasteiger partial charge in [0.25, 0.3) is 15.9 Å². The molecule has 0 atom stereocenters. The quantitative estimate of drug-likeness (QED) is 0.181. The van der Waals surface area contributed by atoms with Crippen LogP contribution < -0.4 is 14.4 Å². The van der Waals surface area contributed by atoms with Crippen LogP contribution in [0, 0.1) is 11.2 Å². The molecule has 0 bridgehead atoms. The van der Waals surface area contributed by atoms with Gasteiger partial charge >= 0.3 is 0 Å². The Bertz CT molecular complexity index is 1920. The molecule has 49 heavy (non-hydrogen) atoms. The fraction of sp³-hybridized carbons (Fsp3) is 0.308. The summed E-state index contributed by atoms with van der Waals surface area (Å²) in [6, 6.07) is 27.5. The van der Waals surface area contributed by atoms with E-state index in [2.05, 4.69) is 40.5 Å². The molecule has 1 aliphatic carbocycles. The van der Waals surface area contributed by atoms with E-state index < -0.39 is 21.7 Å². The molecule has 7 nitrogen and oxygen atoms in total. The Balaban J connectivity index is 1.05.